The quantitative estimate of drug-likeness (QED) is 0.944. The van der Waals surface area contributed by atoms with Crippen molar-refractivity contribution in [3.8, 4) is 0 Å². The number of likely N-dealkylation sites (tertiary alicyclic amines) is 1. The molecule has 3 rings (SSSR count). The first-order valence-electron chi connectivity index (χ1n) is 7.34. The number of imidazole rings is 1. The predicted octanol–water partition coefficient (Wildman–Crippen LogP) is 3.32. The van der Waals surface area contributed by atoms with E-state index < -0.39 is 0 Å². The Morgan fingerprint density at radius 2 is 2.10 bits per heavy atom. The van der Waals surface area contributed by atoms with Crippen LogP contribution < -0.4 is 5.73 Å². The van der Waals surface area contributed by atoms with Crippen molar-refractivity contribution in [2.24, 2.45) is 0 Å². The van der Waals surface area contributed by atoms with Crippen molar-refractivity contribution in [3.63, 3.8) is 0 Å². The maximum Gasteiger partial charge on any atom is 0.201 e. The van der Waals surface area contributed by atoms with E-state index in [1.54, 1.807) is 0 Å². The smallest absolute Gasteiger partial charge is 0.201 e. The molecule has 2 N–H and O–H groups in total. The lowest BCUT2D eigenvalue weighted by atomic mass is 10.0. The Morgan fingerprint density at radius 1 is 1.35 bits per heavy atom. The van der Waals surface area contributed by atoms with Crippen LogP contribution in [0.2, 0.25) is 5.02 Å². The van der Waals surface area contributed by atoms with Gasteiger partial charge in [0.1, 0.15) is 0 Å². The van der Waals surface area contributed by atoms with E-state index in [4.69, 9.17) is 17.3 Å². The molecule has 2 aromatic rings. The first-order valence-corrected chi connectivity index (χ1v) is 7.72. The second-order valence-corrected chi connectivity index (χ2v) is 5.98. The SMILES string of the molecule is CCCN1CCC(n2c(N)nc3cc(Cl)ccc32)CC1. The maximum atomic E-state index is 6.12. The molecule has 1 saturated heterocycles. The lowest BCUT2D eigenvalue weighted by Gasteiger charge is -2.33. The largest absolute Gasteiger partial charge is 0.369 e. The van der Waals surface area contributed by atoms with Gasteiger partial charge in [0, 0.05) is 24.2 Å². The standard InChI is InChI=1S/C15H21ClN4/c1-2-7-19-8-5-12(6-9-19)20-14-4-3-11(16)10-13(14)18-15(20)17/h3-4,10,12H,2,5-9H2,1H3,(H2,17,18). The molecule has 0 spiro atoms. The van der Waals surface area contributed by atoms with Gasteiger partial charge in [0.05, 0.1) is 11.0 Å². The lowest BCUT2D eigenvalue weighted by molar-refractivity contribution is 0.189. The molecule has 1 aromatic heterocycles. The van der Waals surface area contributed by atoms with Crippen molar-refractivity contribution in [1.82, 2.24) is 14.5 Å². The maximum absolute atomic E-state index is 6.12. The van der Waals surface area contributed by atoms with Gasteiger partial charge < -0.3 is 15.2 Å². The summed E-state index contributed by atoms with van der Waals surface area (Å²) in [4.78, 5) is 6.98. The first-order chi connectivity index (χ1) is 9.69. The molecule has 0 unspecified atom stereocenters. The van der Waals surface area contributed by atoms with Gasteiger partial charge in [-0.05, 0) is 44.0 Å². The highest BCUT2D eigenvalue weighted by molar-refractivity contribution is 6.31. The van der Waals surface area contributed by atoms with Crippen LogP contribution in [0.1, 0.15) is 32.2 Å². The summed E-state index contributed by atoms with van der Waals surface area (Å²) in [6, 6.07) is 6.28. The summed E-state index contributed by atoms with van der Waals surface area (Å²) in [6.07, 6.45) is 3.50. The zero-order valence-electron chi connectivity index (χ0n) is 11.8. The average Bonchev–Trinajstić information content (AvgIpc) is 2.75. The van der Waals surface area contributed by atoms with Crippen LogP contribution >= 0.6 is 11.6 Å². The van der Waals surface area contributed by atoms with E-state index in [-0.39, 0.29) is 0 Å². The number of nitrogens with two attached hydrogens (primary N) is 1. The number of hydrogen-bond acceptors (Lipinski definition) is 3. The molecule has 1 aromatic carbocycles. The molecule has 4 nitrogen and oxygen atoms in total. The summed E-state index contributed by atoms with van der Waals surface area (Å²) < 4.78 is 2.19. The molecule has 20 heavy (non-hydrogen) atoms. The fraction of sp³-hybridized carbons (Fsp3) is 0.533. The molecule has 0 saturated carbocycles. The molecular formula is C15H21ClN4. The molecule has 1 aliphatic heterocycles. The van der Waals surface area contributed by atoms with E-state index >= 15 is 0 Å². The van der Waals surface area contributed by atoms with Crippen LogP contribution in [0, 0.1) is 0 Å². The Balaban J connectivity index is 1.86. The van der Waals surface area contributed by atoms with Gasteiger partial charge in [-0.15, -0.1) is 0 Å². The number of hydrogen-bond donors (Lipinski definition) is 1. The van der Waals surface area contributed by atoms with E-state index in [1.807, 2.05) is 18.2 Å². The van der Waals surface area contributed by atoms with Crippen LogP contribution in [-0.4, -0.2) is 34.1 Å². The van der Waals surface area contributed by atoms with Crippen molar-refractivity contribution in [2.45, 2.75) is 32.2 Å². The highest BCUT2D eigenvalue weighted by atomic mass is 35.5. The van der Waals surface area contributed by atoms with Crippen LogP contribution in [0.25, 0.3) is 11.0 Å². The molecule has 0 aliphatic carbocycles. The fourth-order valence-electron chi connectivity index (χ4n) is 3.19. The molecular weight excluding hydrogens is 272 g/mol. The number of fused-ring (bicyclic) bond motifs is 1. The summed E-state index contributed by atoms with van der Waals surface area (Å²) >= 11 is 6.02. The van der Waals surface area contributed by atoms with E-state index in [0.717, 1.165) is 37.0 Å². The molecule has 108 valence electrons. The number of rotatable bonds is 3. The molecule has 5 heteroatoms. The Bertz CT molecular complexity index is 599. The third kappa shape index (κ3) is 2.50. The van der Waals surface area contributed by atoms with Gasteiger partial charge >= 0.3 is 0 Å². The summed E-state index contributed by atoms with van der Waals surface area (Å²) in [5, 5.41) is 0.708. The van der Waals surface area contributed by atoms with Gasteiger partial charge in [0.25, 0.3) is 0 Å². The summed E-state index contributed by atoms with van der Waals surface area (Å²) in [5.74, 6) is 0.608. The van der Waals surface area contributed by atoms with Crippen LogP contribution in [-0.2, 0) is 0 Å². The number of piperidine rings is 1. The third-order valence-electron chi connectivity index (χ3n) is 4.14. The molecule has 0 atom stereocenters. The van der Waals surface area contributed by atoms with Crippen molar-refractivity contribution >= 4 is 28.6 Å². The second-order valence-electron chi connectivity index (χ2n) is 5.55. The fourth-order valence-corrected chi connectivity index (χ4v) is 3.36. The molecule has 0 bridgehead atoms. The van der Waals surface area contributed by atoms with Crippen LogP contribution in [0.5, 0.6) is 0 Å². The van der Waals surface area contributed by atoms with Crippen molar-refractivity contribution in [1.29, 1.82) is 0 Å². The van der Waals surface area contributed by atoms with E-state index in [0.29, 0.717) is 17.0 Å². The molecule has 2 heterocycles. The van der Waals surface area contributed by atoms with Gasteiger partial charge in [0.2, 0.25) is 5.95 Å². The second kappa shape index (κ2) is 5.62. The topological polar surface area (TPSA) is 47.1 Å². The summed E-state index contributed by atoms with van der Waals surface area (Å²) in [6.45, 7) is 5.72. The molecule has 0 radical (unpaired) electrons. The van der Waals surface area contributed by atoms with E-state index in [9.17, 15) is 0 Å². The summed E-state index contributed by atoms with van der Waals surface area (Å²) in [5.41, 5.74) is 8.12. The normalized spacial score (nSPS) is 17.9. The van der Waals surface area contributed by atoms with Crippen molar-refractivity contribution in [2.75, 3.05) is 25.4 Å². The van der Waals surface area contributed by atoms with Crippen molar-refractivity contribution < 1.29 is 0 Å². The third-order valence-corrected chi connectivity index (χ3v) is 4.38. The predicted molar refractivity (Wildman–Crippen MR) is 84.2 cm³/mol. The monoisotopic (exact) mass is 292 g/mol. The zero-order valence-corrected chi connectivity index (χ0v) is 12.6. The Morgan fingerprint density at radius 3 is 2.80 bits per heavy atom. The molecule has 1 fully saturated rings. The number of halogens is 1. The Labute approximate surface area is 124 Å². The highest BCUT2D eigenvalue weighted by Crippen LogP contribution is 2.30. The van der Waals surface area contributed by atoms with E-state index in [2.05, 4.69) is 21.4 Å². The van der Waals surface area contributed by atoms with Gasteiger partial charge in [-0.3, -0.25) is 0 Å². The average molecular weight is 293 g/mol. The first kappa shape index (κ1) is 13.7. The minimum atomic E-state index is 0.453. The number of anilines is 1. The van der Waals surface area contributed by atoms with Gasteiger partial charge in [-0.1, -0.05) is 18.5 Å². The Hall–Kier alpha value is -1.26. The highest BCUT2D eigenvalue weighted by Gasteiger charge is 2.23. The van der Waals surface area contributed by atoms with Gasteiger partial charge in [-0.25, -0.2) is 4.98 Å². The Kier molecular flexibility index (Phi) is 3.85. The van der Waals surface area contributed by atoms with Crippen LogP contribution in [0.3, 0.4) is 0 Å². The van der Waals surface area contributed by atoms with Gasteiger partial charge in [-0.2, -0.15) is 0 Å². The molecule has 1 aliphatic rings. The van der Waals surface area contributed by atoms with Crippen LogP contribution in [0.4, 0.5) is 5.95 Å². The number of benzene rings is 1. The van der Waals surface area contributed by atoms with Crippen LogP contribution in [0.15, 0.2) is 18.2 Å². The summed E-state index contributed by atoms with van der Waals surface area (Å²) in [7, 11) is 0. The van der Waals surface area contributed by atoms with Crippen molar-refractivity contribution in [3.05, 3.63) is 23.2 Å². The zero-order chi connectivity index (χ0) is 14.1. The lowest BCUT2D eigenvalue weighted by Crippen LogP contribution is -2.35. The van der Waals surface area contributed by atoms with Gasteiger partial charge in [0.15, 0.2) is 0 Å². The number of nitrogen functional groups attached to an aromatic ring is 1. The van der Waals surface area contributed by atoms with E-state index in [1.165, 1.54) is 13.0 Å². The minimum absolute atomic E-state index is 0.453. The minimum Gasteiger partial charge on any atom is -0.369 e. The number of aromatic nitrogens is 2. The number of nitrogens with zero attached hydrogens (tertiary/aromatic N) is 3. The molecule has 0 amide bonds.